The summed E-state index contributed by atoms with van der Waals surface area (Å²) in [6.45, 7) is 9.62. The van der Waals surface area contributed by atoms with Gasteiger partial charge in [0.25, 0.3) is 0 Å². The molecule has 0 aliphatic heterocycles. The summed E-state index contributed by atoms with van der Waals surface area (Å²) in [6.07, 6.45) is 49.3. The zero-order valence-corrected chi connectivity index (χ0v) is 31.4. The first-order chi connectivity index (χ1) is 22.5. The molecule has 0 aromatic rings. The van der Waals surface area contributed by atoms with Gasteiger partial charge in [0.2, 0.25) is 0 Å². The highest BCUT2D eigenvalue weighted by molar-refractivity contribution is 4.93. The molecule has 0 aromatic heterocycles. The minimum atomic E-state index is -0.398. The number of allylic oxidation sites excluding steroid dienone is 8. The van der Waals surface area contributed by atoms with Crippen LogP contribution in [-0.2, 0) is 4.74 Å². The van der Waals surface area contributed by atoms with Crippen molar-refractivity contribution in [3.05, 3.63) is 60.9 Å². The van der Waals surface area contributed by atoms with Crippen LogP contribution in [0.5, 0.6) is 0 Å². The molecule has 2 atom stereocenters. The second-order valence-corrected chi connectivity index (χ2v) is 13.7. The molecule has 3 nitrogen and oxygen atoms in total. The number of ether oxygens (including phenoxy) is 1. The van der Waals surface area contributed by atoms with Crippen molar-refractivity contribution in [2.45, 2.75) is 193 Å². The molecule has 0 bridgehead atoms. The first-order valence-electron chi connectivity index (χ1n) is 19.8. The molecule has 2 unspecified atom stereocenters. The van der Waals surface area contributed by atoms with Gasteiger partial charge in [0, 0.05) is 13.0 Å². The number of rotatable bonds is 35. The van der Waals surface area contributed by atoms with E-state index in [1.165, 1.54) is 128 Å². The van der Waals surface area contributed by atoms with Crippen molar-refractivity contribution in [1.29, 1.82) is 0 Å². The number of unbranched alkanes of at least 4 members (excludes halogenated alkanes) is 17. The monoisotopic (exact) mass is 642 g/mol. The van der Waals surface area contributed by atoms with E-state index < -0.39 is 6.10 Å². The highest BCUT2D eigenvalue weighted by Gasteiger charge is 2.21. The van der Waals surface area contributed by atoms with Crippen LogP contribution in [0.3, 0.4) is 0 Å². The smallest absolute Gasteiger partial charge is 0.124 e. The van der Waals surface area contributed by atoms with E-state index in [0.29, 0.717) is 0 Å². The van der Waals surface area contributed by atoms with Crippen molar-refractivity contribution in [2.75, 3.05) is 20.6 Å². The lowest BCUT2D eigenvalue weighted by Crippen LogP contribution is -2.29. The van der Waals surface area contributed by atoms with E-state index >= 15 is 0 Å². The van der Waals surface area contributed by atoms with E-state index in [9.17, 15) is 5.11 Å². The Morgan fingerprint density at radius 1 is 0.565 bits per heavy atom. The molecule has 0 aromatic carbocycles. The third kappa shape index (κ3) is 33.8. The molecule has 0 spiro atoms. The van der Waals surface area contributed by atoms with E-state index in [4.69, 9.17) is 4.74 Å². The summed E-state index contributed by atoms with van der Waals surface area (Å²) in [5, 5.41) is 11.1. The zero-order valence-electron chi connectivity index (χ0n) is 31.4. The fraction of sp³-hybridized carbons (Fsp3) is 0.767. The summed E-state index contributed by atoms with van der Waals surface area (Å²) < 4.78 is 6.26. The lowest BCUT2D eigenvalue weighted by atomic mass is 9.99. The summed E-state index contributed by atoms with van der Waals surface area (Å²) >= 11 is 0. The van der Waals surface area contributed by atoms with Crippen molar-refractivity contribution in [3.63, 3.8) is 0 Å². The molecule has 0 saturated carbocycles. The minimum Gasteiger partial charge on any atom is -0.493 e. The molecular formula is C43H79NO2. The van der Waals surface area contributed by atoms with Crippen molar-refractivity contribution in [2.24, 2.45) is 0 Å². The van der Waals surface area contributed by atoms with Crippen molar-refractivity contribution in [3.8, 4) is 0 Å². The predicted octanol–water partition coefficient (Wildman–Crippen LogP) is 13.2. The van der Waals surface area contributed by atoms with Crippen LogP contribution >= 0.6 is 0 Å². The molecule has 0 radical (unpaired) electrons. The van der Waals surface area contributed by atoms with Crippen LogP contribution in [0, 0.1) is 0 Å². The fourth-order valence-electron chi connectivity index (χ4n) is 5.62. The van der Waals surface area contributed by atoms with E-state index in [0.717, 1.165) is 50.8 Å². The maximum atomic E-state index is 11.1. The first kappa shape index (κ1) is 44.4. The van der Waals surface area contributed by atoms with Crippen molar-refractivity contribution in [1.82, 2.24) is 4.90 Å². The van der Waals surface area contributed by atoms with Crippen molar-refractivity contribution >= 4 is 0 Å². The summed E-state index contributed by atoms with van der Waals surface area (Å²) in [5.74, 6) is 0.816. The lowest BCUT2D eigenvalue weighted by molar-refractivity contribution is -0.0175. The van der Waals surface area contributed by atoms with Crippen LogP contribution in [0.2, 0.25) is 0 Å². The molecule has 0 fully saturated rings. The molecule has 46 heavy (non-hydrogen) atoms. The number of hydrogen-bond acceptors (Lipinski definition) is 3. The Hall–Kier alpha value is -1.58. The number of aliphatic hydroxyl groups excluding tert-OH is 1. The van der Waals surface area contributed by atoms with Gasteiger partial charge in [-0.15, -0.1) is 0 Å². The predicted molar refractivity (Wildman–Crippen MR) is 207 cm³/mol. The Balaban J connectivity index is 4.11. The largest absolute Gasteiger partial charge is 0.493 e. The number of nitrogens with zero attached hydrogens (tertiary/aromatic N) is 1. The average Bonchev–Trinajstić information content (AvgIpc) is 3.04. The van der Waals surface area contributed by atoms with E-state index in [1.807, 2.05) is 0 Å². The van der Waals surface area contributed by atoms with Gasteiger partial charge >= 0.3 is 0 Å². The SMILES string of the molecule is C=C(CCN(C)C)OC(CCCCCCC/C=C\C/C=C\CCCCC)C(O)CCCCCCC/C=C\CC/C=C\CCCCC. The number of hydrogen-bond donors (Lipinski definition) is 1. The molecule has 0 heterocycles. The molecule has 0 rings (SSSR count). The van der Waals surface area contributed by atoms with Gasteiger partial charge in [-0.05, 0) is 104 Å². The topological polar surface area (TPSA) is 32.7 Å². The van der Waals surface area contributed by atoms with E-state index in [1.54, 1.807) is 0 Å². The van der Waals surface area contributed by atoms with Gasteiger partial charge in [0.1, 0.15) is 6.10 Å². The molecule has 0 aliphatic carbocycles. The second-order valence-electron chi connectivity index (χ2n) is 13.7. The normalized spacial score (nSPS) is 13.7. The van der Waals surface area contributed by atoms with Gasteiger partial charge in [0.15, 0.2) is 0 Å². The van der Waals surface area contributed by atoms with Gasteiger partial charge in [0.05, 0.1) is 11.9 Å². The Morgan fingerprint density at radius 2 is 0.978 bits per heavy atom. The van der Waals surface area contributed by atoms with Gasteiger partial charge in [-0.3, -0.25) is 0 Å². The third-order valence-corrected chi connectivity index (χ3v) is 8.70. The molecule has 0 amide bonds. The first-order valence-corrected chi connectivity index (χ1v) is 19.8. The summed E-state index contributed by atoms with van der Waals surface area (Å²) in [4.78, 5) is 2.16. The van der Waals surface area contributed by atoms with Crippen LogP contribution in [0.15, 0.2) is 60.9 Å². The fourth-order valence-corrected chi connectivity index (χ4v) is 5.62. The van der Waals surface area contributed by atoms with Crippen molar-refractivity contribution < 1.29 is 9.84 Å². The minimum absolute atomic E-state index is 0.121. The average molecular weight is 642 g/mol. The highest BCUT2D eigenvalue weighted by atomic mass is 16.5. The Morgan fingerprint density at radius 3 is 1.48 bits per heavy atom. The maximum absolute atomic E-state index is 11.1. The van der Waals surface area contributed by atoms with Gasteiger partial charge in [-0.1, -0.05) is 140 Å². The van der Waals surface area contributed by atoms with E-state index in [2.05, 4.69) is 88.0 Å². The van der Waals surface area contributed by atoms with Crippen LogP contribution in [0.1, 0.15) is 181 Å². The molecule has 3 heteroatoms. The molecular weight excluding hydrogens is 562 g/mol. The maximum Gasteiger partial charge on any atom is 0.124 e. The summed E-state index contributed by atoms with van der Waals surface area (Å²) in [5.41, 5.74) is 0. The summed E-state index contributed by atoms with van der Waals surface area (Å²) in [7, 11) is 4.15. The van der Waals surface area contributed by atoms with Crippen LogP contribution < -0.4 is 0 Å². The quantitative estimate of drug-likeness (QED) is 0.0424. The standard InChI is InChI=1S/C43H79NO2/c1-6-8-10-12-14-16-18-20-22-24-25-27-29-31-33-35-37-42(45)43(46-41(3)39-40-44(4)5)38-36-34-32-30-28-26-23-21-19-17-15-13-11-9-7-2/h14-17,21-24,42-43,45H,3,6-13,18-20,25-40H2,1-2,4-5H3/b16-14-,17-15-,23-21-,24-22-. The zero-order chi connectivity index (χ0) is 33.8. The highest BCUT2D eigenvalue weighted by Crippen LogP contribution is 2.21. The van der Waals surface area contributed by atoms with Crippen LogP contribution in [-0.4, -0.2) is 42.9 Å². The molecule has 1 N–H and O–H groups in total. The van der Waals surface area contributed by atoms with E-state index in [-0.39, 0.29) is 6.10 Å². The Labute approximate surface area is 288 Å². The Kier molecular flexibility index (Phi) is 35.0. The number of aliphatic hydroxyl groups is 1. The van der Waals surface area contributed by atoms with Gasteiger partial charge < -0.3 is 14.7 Å². The molecule has 0 saturated heterocycles. The second kappa shape index (κ2) is 36.3. The summed E-state index contributed by atoms with van der Waals surface area (Å²) in [6, 6.07) is 0. The van der Waals surface area contributed by atoms with Crippen LogP contribution in [0.25, 0.3) is 0 Å². The van der Waals surface area contributed by atoms with Crippen LogP contribution in [0.4, 0.5) is 0 Å². The Bertz CT molecular complexity index is 750. The molecule has 0 aliphatic rings. The lowest BCUT2D eigenvalue weighted by Gasteiger charge is -2.26. The third-order valence-electron chi connectivity index (χ3n) is 8.70. The molecule has 268 valence electrons. The van der Waals surface area contributed by atoms with Gasteiger partial charge in [-0.2, -0.15) is 0 Å². The van der Waals surface area contributed by atoms with Gasteiger partial charge in [-0.25, -0.2) is 0 Å².